The van der Waals surface area contributed by atoms with Crippen LogP contribution in [0.5, 0.6) is 0 Å². The first-order valence-corrected chi connectivity index (χ1v) is 5.68. The Bertz CT molecular complexity index is 458. The largest absolute Gasteiger partial charge is 0.479 e. The van der Waals surface area contributed by atoms with Gasteiger partial charge in [-0.3, -0.25) is 4.79 Å². The van der Waals surface area contributed by atoms with E-state index in [1.807, 2.05) is 0 Å². The molecule has 1 amide bonds. The normalized spacial score (nSPS) is 13.1. The number of aliphatic carboxylic acids is 1. The third-order valence-electron chi connectivity index (χ3n) is 1.95. The predicted octanol–water partition coefficient (Wildman–Crippen LogP) is 1.51. The van der Waals surface area contributed by atoms with Crippen molar-refractivity contribution in [3.63, 3.8) is 0 Å². The average Bonchev–Trinajstić information content (AvgIpc) is 2.71. The van der Waals surface area contributed by atoms with Gasteiger partial charge in [-0.2, -0.15) is 13.2 Å². The number of carboxylic acids is 1. The summed E-state index contributed by atoms with van der Waals surface area (Å²) in [6.45, 7) is 1.77. The number of amides is 1. The van der Waals surface area contributed by atoms with Crippen LogP contribution >= 0.6 is 11.3 Å². The highest BCUT2D eigenvalue weighted by Crippen LogP contribution is 2.21. The van der Waals surface area contributed by atoms with Crippen molar-refractivity contribution in [1.82, 2.24) is 10.3 Å². The fourth-order valence-electron chi connectivity index (χ4n) is 1.10. The molecule has 100 valence electrons. The minimum Gasteiger partial charge on any atom is -0.479 e. The predicted molar refractivity (Wildman–Crippen MR) is 56.1 cm³/mol. The molecule has 0 aliphatic carbocycles. The van der Waals surface area contributed by atoms with Gasteiger partial charge in [0.2, 0.25) is 0 Å². The van der Waals surface area contributed by atoms with Crippen molar-refractivity contribution in [3.05, 3.63) is 16.1 Å². The number of aryl methyl sites for hydroxylation is 1. The summed E-state index contributed by atoms with van der Waals surface area (Å²) in [4.78, 5) is 25.4. The number of aromatic nitrogens is 1. The second-order valence-corrected chi connectivity index (χ2v) is 4.20. The van der Waals surface area contributed by atoms with Gasteiger partial charge in [-0.15, -0.1) is 11.3 Å². The van der Waals surface area contributed by atoms with E-state index >= 15 is 0 Å². The summed E-state index contributed by atoms with van der Waals surface area (Å²) in [6.07, 6.45) is -4.60. The number of carboxylic acid groups (broad SMARTS) is 1. The van der Waals surface area contributed by atoms with E-state index in [4.69, 9.17) is 5.11 Å². The molecule has 0 radical (unpaired) electrons. The number of hydrogen-bond donors (Lipinski definition) is 2. The summed E-state index contributed by atoms with van der Waals surface area (Å²) in [6, 6.07) is -1.80. The fraction of sp³-hybridized carbons (Fsp3) is 0.444. The van der Waals surface area contributed by atoms with E-state index in [-0.39, 0.29) is 5.69 Å². The van der Waals surface area contributed by atoms with Gasteiger partial charge in [0.25, 0.3) is 0 Å². The number of hydrogen-bond acceptors (Lipinski definition) is 4. The summed E-state index contributed by atoms with van der Waals surface area (Å²) < 4.78 is 36.1. The van der Waals surface area contributed by atoms with Crippen molar-refractivity contribution in [2.24, 2.45) is 0 Å². The van der Waals surface area contributed by atoms with Crippen LogP contribution in [0.3, 0.4) is 0 Å². The van der Waals surface area contributed by atoms with Gasteiger partial charge in [0, 0.05) is 5.38 Å². The molecule has 18 heavy (non-hydrogen) atoms. The lowest BCUT2D eigenvalue weighted by Gasteiger charge is -2.13. The van der Waals surface area contributed by atoms with E-state index in [1.54, 1.807) is 6.92 Å². The maximum atomic E-state index is 12.0. The van der Waals surface area contributed by atoms with Gasteiger partial charge in [0.05, 0.1) is 10.7 Å². The molecule has 1 unspecified atom stereocenters. The molecule has 0 aromatic carbocycles. The number of rotatable bonds is 4. The molecule has 0 aliphatic heterocycles. The number of carbonyl (C=O) groups excluding carboxylic acids is 1. The Kier molecular flexibility index (Phi) is 4.28. The minimum absolute atomic E-state index is 0.109. The quantitative estimate of drug-likeness (QED) is 0.877. The zero-order valence-corrected chi connectivity index (χ0v) is 9.93. The maximum Gasteiger partial charge on any atom is 0.471 e. The molecule has 2 N–H and O–H groups in total. The molecule has 0 spiro atoms. The molecule has 0 saturated heterocycles. The zero-order valence-electron chi connectivity index (χ0n) is 9.11. The molecule has 1 heterocycles. The van der Waals surface area contributed by atoms with Crippen molar-refractivity contribution < 1.29 is 27.9 Å². The Hall–Kier alpha value is -1.64. The molecular weight excluding hydrogens is 273 g/mol. The SMILES string of the molecule is CCc1nc(C(NC(=O)C(F)(F)F)C(=O)O)cs1. The second-order valence-electron chi connectivity index (χ2n) is 3.26. The Morgan fingerprint density at radius 2 is 2.17 bits per heavy atom. The van der Waals surface area contributed by atoms with Gasteiger partial charge in [-0.25, -0.2) is 9.78 Å². The lowest BCUT2D eigenvalue weighted by molar-refractivity contribution is -0.175. The number of nitrogens with one attached hydrogen (secondary N) is 1. The topological polar surface area (TPSA) is 79.3 Å². The van der Waals surface area contributed by atoms with Crippen molar-refractivity contribution >= 4 is 23.2 Å². The Morgan fingerprint density at radius 3 is 2.56 bits per heavy atom. The molecule has 1 aromatic rings. The Balaban J connectivity index is 2.91. The highest BCUT2D eigenvalue weighted by molar-refractivity contribution is 7.09. The van der Waals surface area contributed by atoms with Crippen LogP contribution in [-0.2, 0) is 16.0 Å². The highest BCUT2D eigenvalue weighted by Gasteiger charge is 2.41. The Labute approximate surface area is 104 Å². The molecule has 1 rings (SSSR count). The number of thiazole rings is 1. The molecule has 1 atom stereocenters. The lowest BCUT2D eigenvalue weighted by Crippen LogP contribution is -2.42. The van der Waals surface area contributed by atoms with Gasteiger partial charge in [0.1, 0.15) is 0 Å². The molecule has 0 saturated carbocycles. The maximum absolute atomic E-state index is 12.0. The van der Waals surface area contributed by atoms with Crippen LogP contribution < -0.4 is 5.32 Å². The van der Waals surface area contributed by atoms with Crippen molar-refractivity contribution in [2.45, 2.75) is 25.6 Å². The standard InChI is InChI=1S/C9H9F3N2O3S/c1-2-5-13-4(3-18-5)6(7(15)16)14-8(17)9(10,11)12/h3,6H,2H2,1H3,(H,14,17)(H,15,16). The number of nitrogens with zero attached hydrogens (tertiary/aromatic N) is 1. The molecular formula is C9H9F3N2O3S. The summed E-state index contributed by atoms with van der Waals surface area (Å²) in [5.74, 6) is -3.90. The van der Waals surface area contributed by atoms with E-state index in [2.05, 4.69) is 4.98 Å². The van der Waals surface area contributed by atoms with Crippen LogP contribution in [0.15, 0.2) is 5.38 Å². The summed E-state index contributed by atoms with van der Waals surface area (Å²) >= 11 is 1.12. The summed E-state index contributed by atoms with van der Waals surface area (Å²) in [7, 11) is 0. The number of alkyl halides is 3. The van der Waals surface area contributed by atoms with E-state index < -0.39 is 24.1 Å². The van der Waals surface area contributed by atoms with E-state index in [1.165, 1.54) is 10.7 Å². The molecule has 0 aliphatic rings. The Morgan fingerprint density at radius 1 is 1.56 bits per heavy atom. The first kappa shape index (κ1) is 14.4. The first-order chi connectivity index (χ1) is 8.25. The third kappa shape index (κ3) is 3.42. The molecule has 0 fully saturated rings. The van der Waals surface area contributed by atoms with Gasteiger partial charge < -0.3 is 10.4 Å². The smallest absolute Gasteiger partial charge is 0.471 e. The van der Waals surface area contributed by atoms with Crippen LogP contribution in [0.2, 0.25) is 0 Å². The number of halogens is 3. The summed E-state index contributed by atoms with van der Waals surface area (Å²) in [5, 5.41) is 12.1. The van der Waals surface area contributed by atoms with Crippen LogP contribution in [-0.4, -0.2) is 28.1 Å². The molecule has 5 nitrogen and oxygen atoms in total. The van der Waals surface area contributed by atoms with Crippen LogP contribution in [0.25, 0.3) is 0 Å². The second kappa shape index (κ2) is 5.34. The fourth-order valence-corrected chi connectivity index (χ4v) is 1.87. The molecule has 0 bridgehead atoms. The van der Waals surface area contributed by atoms with Gasteiger partial charge in [0.15, 0.2) is 6.04 Å². The van der Waals surface area contributed by atoms with Gasteiger partial charge in [-0.1, -0.05) is 6.92 Å². The van der Waals surface area contributed by atoms with E-state index in [0.717, 1.165) is 11.3 Å². The monoisotopic (exact) mass is 282 g/mol. The molecule has 9 heteroatoms. The van der Waals surface area contributed by atoms with Crippen LogP contribution in [0.1, 0.15) is 23.7 Å². The van der Waals surface area contributed by atoms with Crippen molar-refractivity contribution in [1.29, 1.82) is 0 Å². The first-order valence-electron chi connectivity index (χ1n) is 4.80. The number of carbonyl (C=O) groups is 2. The summed E-state index contributed by atoms with van der Waals surface area (Å²) in [5.41, 5.74) is -0.109. The molecule has 1 aromatic heterocycles. The zero-order chi connectivity index (χ0) is 13.9. The van der Waals surface area contributed by atoms with Gasteiger partial charge in [-0.05, 0) is 6.42 Å². The van der Waals surface area contributed by atoms with E-state index in [9.17, 15) is 22.8 Å². The lowest BCUT2D eigenvalue weighted by atomic mass is 10.2. The van der Waals surface area contributed by atoms with E-state index in [0.29, 0.717) is 11.4 Å². The third-order valence-corrected chi connectivity index (χ3v) is 2.96. The average molecular weight is 282 g/mol. The van der Waals surface area contributed by atoms with Gasteiger partial charge >= 0.3 is 18.1 Å². The van der Waals surface area contributed by atoms with Crippen LogP contribution in [0, 0.1) is 0 Å². The van der Waals surface area contributed by atoms with Crippen molar-refractivity contribution in [3.8, 4) is 0 Å². The van der Waals surface area contributed by atoms with Crippen molar-refractivity contribution in [2.75, 3.05) is 0 Å². The highest BCUT2D eigenvalue weighted by atomic mass is 32.1. The van der Waals surface area contributed by atoms with Crippen LogP contribution in [0.4, 0.5) is 13.2 Å². The minimum atomic E-state index is -5.13.